The molecule has 136 valence electrons. The Hall–Kier alpha value is -1.26. The molecule has 3 rings (SSSR count). The second kappa shape index (κ2) is 8.72. The predicted octanol–water partition coefficient (Wildman–Crippen LogP) is 3.14. The first-order valence-corrected chi connectivity index (χ1v) is 10.1. The third-order valence-corrected chi connectivity index (χ3v) is 6.01. The summed E-state index contributed by atoms with van der Waals surface area (Å²) in [6.45, 7) is 3.50. The lowest BCUT2D eigenvalue weighted by Gasteiger charge is -2.35. The fourth-order valence-electron chi connectivity index (χ4n) is 4.37. The van der Waals surface area contributed by atoms with Gasteiger partial charge in [0.05, 0.1) is 0 Å². The first kappa shape index (κ1) is 17.6. The van der Waals surface area contributed by atoms with E-state index in [-0.39, 0.29) is 6.03 Å². The molecule has 0 unspecified atom stereocenters. The summed E-state index contributed by atoms with van der Waals surface area (Å²) < 4.78 is 0. The van der Waals surface area contributed by atoms with E-state index in [0.717, 1.165) is 64.7 Å². The van der Waals surface area contributed by atoms with Crippen LogP contribution in [0.25, 0.3) is 0 Å². The van der Waals surface area contributed by atoms with Gasteiger partial charge in [0.2, 0.25) is 5.91 Å². The Kier molecular flexibility index (Phi) is 6.38. The molecule has 2 aliphatic heterocycles. The number of nitrogens with one attached hydrogen (secondary N) is 1. The van der Waals surface area contributed by atoms with Gasteiger partial charge in [-0.3, -0.25) is 4.79 Å². The highest BCUT2D eigenvalue weighted by Gasteiger charge is 2.27. The van der Waals surface area contributed by atoms with E-state index in [1.165, 1.54) is 25.7 Å². The molecule has 0 bridgehead atoms. The maximum absolute atomic E-state index is 12.4. The van der Waals surface area contributed by atoms with E-state index in [1.807, 2.05) is 9.80 Å². The number of likely N-dealkylation sites (tertiary alicyclic amines) is 2. The van der Waals surface area contributed by atoms with Crippen molar-refractivity contribution in [3.05, 3.63) is 0 Å². The van der Waals surface area contributed by atoms with Gasteiger partial charge >= 0.3 is 6.03 Å². The summed E-state index contributed by atoms with van der Waals surface area (Å²) in [5.41, 5.74) is 0. The lowest BCUT2D eigenvalue weighted by atomic mass is 9.92. The number of carbonyl (C=O) groups is 2. The Labute approximate surface area is 146 Å². The maximum Gasteiger partial charge on any atom is 0.317 e. The molecule has 1 aliphatic carbocycles. The molecule has 1 saturated carbocycles. The van der Waals surface area contributed by atoms with E-state index in [1.54, 1.807) is 0 Å². The second-order valence-electron chi connectivity index (χ2n) is 7.86. The topological polar surface area (TPSA) is 52.7 Å². The molecule has 0 aromatic carbocycles. The Morgan fingerprint density at radius 2 is 1.38 bits per heavy atom. The summed E-state index contributed by atoms with van der Waals surface area (Å²) in [6.07, 6.45) is 12.3. The van der Waals surface area contributed by atoms with E-state index >= 15 is 0 Å². The number of amides is 3. The van der Waals surface area contributed by atoms with Gasteiger partial charge < -0.3 is 15.1 Å². The van der Waals surface area contributed by atoms with Crippen LogP contribution >= 0.6 is 0 Å². The van der Waals surface area contributed by atoms with Crippen LogP contribution in [-0.4, -0.2) is 54.0 Å². The number of rotatable bonds is 3. The third-order valence-electron chi connectivity index (χ3n) is 6.01. The van der Waals surface area contributed by atoms with Gasteiger partial charge in [-0.05, 0) is 50.9 Å². The van der Waals surface area contributed by atoms with Gasteiger partial charge in [-0.15, -0.1) is 0 Å². The van der Waals surface area contributed by atoms with Gasteiger partial charge in [-0.1, -0.05) is 19.3 Å². The standard InChI is InChI=1S/C19H33N3O2/c23-18(21-11-5-2-6-12-21)15-16-9-13-22(14-10-16)19(24)20-17-7-3-1-4-8-17/h16-17H,1-15H2,(H,20,24). The van der Waals surface area contributed by atoms with Crippen LogP contribution in [0.15, 0.2) is 0 Å². The average molecular weight is 335 g/mol. The van der Waals surface area contributed by atoms with Gasteiger partial charge in [0.1, 0.15) is 0 Å². The van der Waals surface area contributed by atoms with Crippen molar-refractivity contribution in [2.45, 2.75) is 76.7 Å². The van der Waals surface area contributed by atoms with Crippen molar-refractivity contribution >= 4 is 11.9 Å². The van der Waals surface area contributed by atoms with Crippen LogP contribution in [-0.2, 0) is 4.79 Å². The van der Waals surface area contributed by atoms with E-state index in [2.05, 4.69) is 5.32 Å². The van der Waals surface area contributed by atoms with E-state index in [4.69, 9.17) is 0 Å². The third kappa shape index (κ3) is 4.87. The molecule has 24 heavy (non-hydrogen) atoms. The van der Waals surface area contributed by atoms with Crippen LogP contribution in [0.5, 0.6) is 0 Å². The molecule has 5 nitrogen and oxygen atoms in total. The average Bonchev–Trinajstić information content (AvgIpc) is 2.64. The first-order chi connectivity index (χ1) is 11.7. The van der Waals surface area contributed by atoms with Gasteiger partial charge in [-0.25, -0.2) is 4.79 Å². The fourth-order valence-corrected chi connectivity index (χ4v) is 4.37. The van der Waals surface area contributed by atoms with E-state index in [0.29, 0.717) is 24.3 Å². The molecule has 0 spiro atoms. The van der Waals surface area contributed by atoms with Gasteiger partial charge in [-0.2, -0.15) is 0 Å². The molecule has 0 aromatic rings. The van der Waals surface area contributed by atoms with Crippen molar-refractivity contribution in [1.29, 1.82) is 0 Å². The van der Waals surface area contributed by atoms with Gasteiger partial charge in [0.25, 0.3) is 0 Å². The zero-order valence-electron chi connectivity index (χ0n) is 15.0. The first-order valence-electron chi connectivity index (χ1n) is 10.1. The van der Waals surface area contributed by atoms with Crippen LogP contribution in [0.1, 0.15) is 70.6 Å². The monoisotopic (exact) mass is 335 g/mol. The highest BCUT2D eigenvalue weighted by atomic mass is 16.2. The lowest BCUT2D eigenvalue weighted by molar-refractivity contribution is -0.133. The molecule has 2 heterocycles. The fraction of sp³-hybridized carbons (Fsp3) is 0.895. The molecule has 5 heteroatoms. The SMILES string of the molecule is O=C(CC1CCN(C(=O)NC2CCCCC2)CC1)N1CCCCC1. The van der Waals surface area contributed by atoms with Crippen molar-refractivity contribution < 1.29 is 9.59 Å². The molecule has 2 saturated heterocycles. The van der Waals surface area contributed by atoms with Crippen LogP contribution in [0.3, 0.4) is 0 Å². The zero-order chi connectivity index (χ0) is 16.8. The van der Waals surface area contributed by atoms with Crippen LogP contribution < -0.4 is 5.32 Å². The molecule has 0 atom stereocenters. The molecule has 3 fully saturated rings. The highest BCUT2D eigenvalue weighted by molar-refractivity contribution is 5.77. The van der Waals surface area contributed by atoms with E-state index in [9.17, 15) is 9.59 Å². The van der Waals surface area contributed by atoms with Crippen LogP contribution in [0.2, 0.25) is 0 Å². The Morgan fingerprint density at radius 3 is 2.04 bits per heavy atom. The van der Waals surface area contributed by atoms with Gasteiger partial charge in [0, 0.05) is 38.6 Å². The van der Waals surface area contributed by atoms with Crippen molar-refractivity contribution in [2.75, 3.05) is 26.2 Å². The maximum atomic E-state index is 12.4. The number of hydrogen-bond acceptors (Lipinski definition) is 2. The van der Waals surface area contributed by atoms with E-state index < -0.39 is 0 Å². The quantitative estimate of drug-likeness (QED) is 0.861. The molecular weight excluding hydrogens is 302 g/mol. The summed E-state index contributed by atoms with van der Waals surface area (Å²) in [6, 6.07) is 0.493. The zero-order valence-corrected chi connectivity index (χ0v) is 15.0. The number of urea groups is 1. The largest absolute Gasteiger partial charge is 0.343 e. The Balaban J connectivity index is 1.37. The van der Waals surface area contributed by atoms with Crippen LogP contribution in [0, 0.1) is 5.92 Å². The predicted molar refractivity (Wildman–Crippen MR) is 94.7 cm³/mol. The minimum atomic E-state index is 0.114. The Morgan fingerprint density at radius 1 is 0.750 bits per heavy atom. The molecular formula is C19H33N3O2. The summed E-state index contributed by atoms with van der Waals surface area (Å²) >= 11 is 0. The summed E-state index contributed by atoms with van der Waals surface area (Å²) in [4.78, 5) is 28.8. The normalized spacial score (nSPS) is 24.0. The Bertz CT molecular complexity index is 420. The minimum absolute atomic E-state index is 0.114. The summed E-state index contributed by atoms with van der Waals surface area (Å²) in [5.74, 6) is 0.790. The minimum Gasteiger partial charge on any atom is -0.343 e. The summed E-state index contributed by atoms with van der Waals surface area (Å²) in [7, 11) is 0. The van der Waals surface area contributed by atoms with Crippen molar-refractivity contribution in [1.82, 2.24) is 15.1 Å². The van der Waals surface area contributed by atoms with Gasteiger partial charge in [0.15, 0.2) is 0 Å². The lowest BCUT2D eigenvalue weighted by Crippen LogP contribution is -2.48. The second-order valence-corrected chi connectivity index (χ2v) is 7.86. The van der Waals surface area contributed by atoms with Crippen molar-refractivity contribution in [3.63, 3.8) is 0 Å². The number of carbonyl (C=O) groups excluding carboxylic acids is 2. The number of hydrogen-bond donors (Lipinski definition) is 1. The molecule has 0 radical (unpaired) electrons. The highest BCUT2D eigenvalue weighted by Crippen LogP contribution is 2.23. The molecule has 3 aliphatic rings. The van der Waals surface area contributed by atoms with Crippen molar-refractivity contribution in [2.24, 2.45) is 5.92 Å². The summed E-state index contributed by atoms with van der Waals surface area (Å²) in [5, 5.41) is 3.21. The van der Waals surface area contributed by atoms with Crippen LogP contribution in [0.4, 0.5) is 4.79 Å². The molecule has 0 aromatic heterocycles. The van der Waals surface area contributed by atoms with Crippen molar-refractivity contribution in [3.8, 4) is 0 Å². The molecule has 1 N–H and O–H groups in total. The number of piperidine rings is 2. The number of nitrogens with zero attached hydrogens (tertiary/aromatic N) is 2. The smallest absolute Gasteiger partial charge is 0.317 e. The molecule has 3 amide bonds.